The van der Waals surface area contributed by atoms with Gasteiger partial charge in [0.25, 0.3) is 0 Å². The van der Waals surface area contributed by atoms with Gasteiger partial charge >= 0.3 is 0 Å². The van der Waals surface area contributed by atoms with Gasteiger partial charge in [0.05, 0.1) is 19.3 Å². The molecule has 2 fully saturated rings. The van der Waals surface area contributed by atoms with Gasteiger partial charge in [-0.05, 0) is 80.8 Å². The van der Waals surface area contributed by atoms with Gasteiger partial charge in [-0.1, -0.05) is 24.0 Å². The molecule has 0 aliphatic carbocycles. The maximum absolute atomic E-state index is 5.55. The first kappa shape index (κ1) is 26.5. The Morgan fingerprint density at radius 2 is 2.03 bits per heavy atom. The zero-order chi connectivity index (χ0) is 25.3. The minimum Gasteiger partial charge on any atom is -0.495 e. The predicted octanol–water partition coefficient (Wildman–Crippen LogP) is 5.91. The van der Waals surface area contributed by atoms with Gasteiger partial charge in [0.1, 0.15) is 5.75 Å². The summed E-state index contributed by atoms with van der Waals surface area (Å²) in [5.74, 6) is 7.42. The number of methoxy groups -OCH3 is 1. The van der Waals surface area contributed by atoms with E-state index < -0.39 is 0 Å². The number of allylic oxidation sites excluding steroid dienone is 1. The maximum atomic E-state index is 5.55. The predicted molar refractivity (Wildman–Crippen MR) is 153 cm³/mol. The lowest BCUT2D eigenvalue weighted by molar-refractivity contribution is 0.0421. The lowest BCUT2D eigenvalue weighted by atomic mass is 10.0. The number of hydrogen-bond donors (Lipinski definition) is 2. The highest BCUT2D eigenvalue weighted by atomic mass is 32.2. The summed E-state index contributed by atoms with van der Waals surface area (Å²) in [4.78, 5) is 3.83. The smallest absolute Gasteiger partial charge is 0.143 e. The van der Waals surface area contributed by atoms with Crippen LogP contribution in [0.5, 0.6) is 5.75 Å². The zero-order valence-corrected chi connectivity index (χ0v) is 22.8. The van der Waals surface area contributed by atoms with Crippen LogP contribution in [0, 0.1) is 18.8 Å². The van der Waals surface area contributed by atoms with Crippen molar-refractivity contribution in [3.05, 3.63) is 53.1 Å². The molecule has 2 N–H and O–H groups in total. The average molecular weight is 506 g/mol. The number of likely N-dealkylation sites (tertiary alicyclic amines) is 1. The molecule has 2 saturated heterocycles. The van der Waals surface area contributed by atoms with E-state index in [1.54, 1.807) is 18.9 Å². The molecule has 192 valence electrons. The Bertz CT molecular complexity index is 1110. The number of anilines is 2. The first-order chi connectivity index (χ1) is 17.6. The molecule has 4 rings (SSSR count). The van der Waals surface area contributed by atoms with E-state index in [1.807, 2.05) is 12.1 Å². The standard InChI is InChI=1S/C30H39N3O2S/c1-22(7-6-15-31-29-11-10-26(36-4)20-30(29)34-3)19-27-23(2)8-5-9-28(27)32-24-12-16-33(21-24)25-13-17-35-18-14-25/h5,8-11,19-20,24-25,31-32H,12-18,21H2,1-4H3/b22-19+. The van der Waals surface area contributed by atoms with Crippen LogP contribution in [0.15, 0.2) is 46.9 Å². The van der Waals surface area contributed by atoms with Crippen molar-refractivity contribution in [3.8, 4) is 17.6 Å². The maximum Gasteiger partial charge on any atom is 0.143 e. The van der Waals surface area contributed by atoms with Gasteiger partial charge in [0, 0.05) is 54.5 Å². The van der Waals surface area contributed by atoms with Crippen molar-refractivity contribution in [1.82, 2.24) is 4.90 Å². The molecular formula is C30H39N3O2S. The van der Waals surface area contributed by atoms with Crippen molar-refractivity contribution in [2.24, 2.45) is 0 Å². The fraction of sp³-hybridized carbons (Fsp3) is 0.467. The summed E-state index contributed by atoms with van der Waals surface area (Å²) in [5, 5.41) is 7.22. The Kier molecular flexibility index (Phi) is 9.63. The van der Waals surface area contributed by atoms with Crippen LogP contribution >= 0.6 is 11.8 Å². The minimum absolute atomic E-state index is 0.477. The second-order valence-corrected chi connectivity index (χ2v) is 10.4. The van der Waals surface area contributed by atoms with Crippen LogP contribution < -0.4 is 15.4 Å². The molecule has 2 aromatic rings. The SMILES string of the molecule is COc1cc(SC)ccc1NCC#C/C(C)=C/c1c(C)cccc1NC1CCN(C2CCOCC2)C1. The summed E-state index contributed by atoms with van der Waals surface area (Å²) in [6, 6.07) is 13.9. The molecule has 2 aromatic carbocycles. The number of benzene rings is 2. The topological polar surface area (TPSA) is 45.8 Å². The van der Waals surface area contributed by atoms with Crippen molar-refractivity contribution in [1.29, 1.82) is 0 Å². The van der Waals surface area contributed by atoms with Crippen LogP contribution in [0.4, 0.5) is 11.4 Å². The number of aryl methyl sites for hydroxylation is 1. The van der Waals surface area contributed by atoms with E-state index in [9.17, 15) is 0 Å². The van der Waals surface area contributed by atoms with E-state index in [-0.39, 0.29) is 0 Å². The molecule has 0 bridgehead atoms. The van der Waals surface area contributed by atoms with Crippen molar-refractivity contribution in [3.63, 3.8) is 0 Å². The van der Waals surface area contributed by atoms with Gasteiger partial charge < -0.3 is 20.1 Å². The molecule has 5 nitrogen and oxygen atoms in total. The van der Waals surface area contributed by atoms with E-state index in [2.05, 4.69) is 77.8 Å². The lowest BCUT2D eigenvalue weighted by Crippen LogP contribution is -2.39. The third-order valence-electron chi connectivity index (χ3n) is 7.03. The summed E-state index contributed by atoms with van der Waals surface area (Å²) in [5.41, 5.74) is 5.71. The van der Waals surface area contributed by atoms with Crippen molar-refractivity contribution < 1.29 is 9.47 Å². The largest absolute Gasteiger partial charge is 0.495 e. The average Bonchev–Trinajstić information content (AvgIpc) is 3.37. The summed E-state index contributed by atoms with van der Waals surface area (Å²) in [6.45, 7) is 8.89. The molecule has 0 spiro atoms. The van der Waals surface area contributed by atoms with E-state index in [1.165, 1.54) is 34.7 Å². The minimum atomic E-state index is 0.477. The van der Waals surface area contributed by atoms with Crippen molar-refractivity contribution in [2.75, 3.05) is 56.8 Å². The van der Waals surface area contributed by atoms with Gasteiger partial charge in [-0.2, -0.15) is 0 Å². The Hall–Kier alpha value is -2.59. The molecule has 0 radical (unpaired) electrons. The first-order valence-electron chi connectivity index (χ1n) is 12.9. The number of rotatable bonds is 8. The number of nitrogens with one attached hydrogen (secondary N) is 2. The van der Waals surface area contributed by atoms with Crippen molar-refractivity contribution in [2.45, 2.75) is 50.1 Å². The van der Waals surface area contributed by atoms with Crippen LogP contribution in [0.2, 0.25) is 0 Å². The number of thioether (sulfide) groups is 1. The van der Waals surface area contributed by atoms with Gasteiger partial charge in [-0.25, -0.2) is 0 Å². The summed E-state index contributed by atoms with van der Waals surface area (Å²) in [6.07, 6.45) is 7.78. The van der Waals surface area contributed by atoms with Gasteiger partial charge in [-0.15, -0.1) is 11.8 Å². The summed E-state index contributed by atoms with van der Waals surface area (Å²) in [7, 11) is 1.70. The highest BCUT2D eigenvalue weighted by Gasteiger charge is 2.29. The van der Waals surface area contributed by atoms with Crippen LogP contribution in [0.25, 0.3) is 6.08 Å². The molecule has 0 amide bonds. The normalized spacial score (nSPS) is 19.0. The number of hydrogen-bond acceptors (Lipinski definition) is 6. The monoisotopic (exact) mass is 505 g/mol. The second kappa shape index (κ2) is 13.1. The van der Waals surface area contributed by atoms with Crippen molar-refractivity contribution >= 4 is 29.2 Å². The van der Waals surface area contributed by atoms with Crippen LogP contribution in [0.1, 0.15) is 37.3 Å². The third-order valence-corrected chi connectivity index (χ3v) is 7.76. The fourth-order valence-electron chi connectivity index (χ4n) is 5.03. The molecule has 2 aliphatic heterocycles. The third kappa shape index (κ3) is 7.00. The Morgan fingerprint density at radius 1 is 1.19 bits per heavy atom. The van der Waals surface area contributed by atoms with E-state index in [4.69, 9.17) is 9.47 Å². The Morgan fingerprint density at radius 3 is 2.81 bits per heavy atom. The highest BCUT2D eigenvalue weighted by Crippen LogP contribution is 2.29. The van der Waals surface area contributed by atoms with E-state index in [0.29, 0.717) is 18.6 Å². The first-order valence-corrected chi connectivity index (χ1v) is 14.1. The molecule has 2 aliphatic rings. The number of nitrogens with zero attached hydrogens (tertiary/aromatic N) is 1. The molecule has 1 atom stereocenters. The molecule has 2 heterocycles. The molecular weight excluding hydrogens is 466 g/mol. The Balaban J connectivity index is 1.38. The van der Waals surface area contributed by atoms with E-state index >= 15 is 0 Å². The summed E-state index contributed by atoms with van der Waals surface area (Å²) < 4.78 is 11.1. The number of ether oxygens (including phenoxy) is 2. The van der Waals surface area contributed by atoms with Crippen LogP contribution in [0.3, 0.4) is 0 Å². The zero-order valence-electron chi connectivity index (χ0n) is 22.0. The quantitative estimate of drug-likeness (QED) is 0.344. The molecule has 1 unspecified atom stereocenters. The fourth-order valence-corrected chi connectivity index (χ4v) is 5.45. The molecule has 0 aromatic heterocycles. The second-order valence-electron chi connectivity index (χ2n) is 9.55. The molecule has 36 heavy (non-hydrogen) atoms. The highest BCUT2D eigenvalue weighted by molar-refractivity contribution is 7.98. The Labute approximate surface area is 221 Å². The molecule has 6 heteroatoms. The summed E-state index contributed by atoms with van der Waals surface area (Å²) >= 11 is 1.70. The van der Waals surface area contributed by atoms with E-state index in [0.717, 1.165) is 49.6 Å². The van der Waals surface area contributed by atoms with Gasteiger partial charge in [0.15, 0.2) is 0 Å². The lowest BCUT2D eigenvalue weighted by Gasteiger charge is -2.31. The van der Waals surface area contributed by atoms with Gasteiger partial charge in [0.2, 0.25) is 0 Å². The van der Waals surface area contributed by atoms with Gasteiger partial charge in [-0.3, -0.25) is 4.90 Å². The molecule has 0 saturated carbocycles. The van der Waals surface area contributed by atoms with Crippen LogP contribution in [-0.4, -0.2) is 63.2 Å². The van der Waals surface area contributed by atoms with Crippen LogP contribution in [-0.2, 0) is 4.74 Å².